The van der Waals surface area contributed by atoms with Crippen molar-refractivity contribution in [3.05, 3.63) is 33.4 Å². The second kappa shape index (κ2) is 6.13. The first-order chi connectivity index (χ1) is 11.1. The largest absolute Gasteiger partial charge is 0.382 e. The molecule has 2 aromatic rings. The van der Waals surface area contributed by atoms with E-state index in [1.54, 1.807) is 25.2 Å². The average Bonchev–Trinajstić information content (AvgIpc) is 3.10. The van der Waals surface area contributed by atoms with Gasteiger partial charge in [-0.05, 0) is 6.42 Å². The van der Waals surface area contributed by atoms with Gasteiger partial charge in [0.2, 0.25) is 0 Å². The third-order valence-electron chi connectivity index (χ3n) is 4.09. The highest BCUT2D eigenvalue weighted by Crippen LogP contribution is 2.22. The van der Waals surface area contributed by atoms with Gasteiger partial charge in [-0.25, -0.2) is 0 Å². The first kappa shape index (κ1) is 15.7. The molecule has 0 saturated heterocycles. The van der Waals surface area contributed by atoms with Crippen LogP contribution in [0.4, 0.5) is 0 Å². The maximum Gasteiger partial charge on any atom is 0.280 e. The van der Waals surface area contributed by atoms with E-state index in [-0.39, 0.29) is 24.1 Å². The highest BCUT2D eigenvalue weighted by atomic mass is 16.5. The molecule has 0 bridgehead atoms. The summed E-state index contributed by atoms with van der Waals surface area (Å²) in [6.07, 6.45) is 0.726. The van der Waals surface area contributed by atoms with E-state index >= 15 is 0 Å². The van der Waals surface area contributed by atoms with E-state index in [2.05, 4.69) is 10.1 Å². The molecule has 23 heavy (non-hydrogen) atoms. The van der Waals surface area contributed by atoms with Crippen molar-refractivity contribution in [1.82, 2.24) is 19.5 Å². The molecule has 0 atom stereocenters. The minimum Gasteiger partial charge on any atom is -0.382 e. The lowest BCUT2D eigenvalue weighted by atomic mass is 10.2. The van der Waals surface area contributed by atoms with Gasteiger partial charge in [-0.2, -0.15) is 9.61 Å². The van der Waals surface area contributed by atoms with Crippen LogP contribution in [0.1, 0.15) is 28.7 Å². The first-order valence-electron chi connectivity index (χ1n) is 7.53. The number of methoxy groups -OCH3 is 2. The maximum atomic E-state index is 12.7. The Morgan fingerprint density at radius 2 is 2.00 bits per heavy atom. The fourth-order valence-electron chi connectivity index (χ4n) is 2.91. The molecular weight excluding hydrogens is 300 g/mol. The Hall–Kier alpha value is -2.19. The summed E-state index contributed by atoms with van der Waals surface area (Å²) in [6.45, 7) is 2.89. The number of carbonyl (C=O) groups is 1. The van der Waals surface area contributed by atoms with Gasteiger partial charge in [0.05, 0.1) is 37.1 Å². The minimum atomic E-state index is -0.252. The monoisotopic (exact) mass is 320 g/mol. The average molecular weight is 320 g/mol. The first-order valence-corrected chi connectivity index (χ1v) is 7.53. The predicted octanol–water partition coefficient (Wildman–Crippen LogP) is 0.202. The van der Waals surface area contributed by atoms with E-state index in [9.17, 15) is 9.59 Å². The summed E-state index contributed by atoms with van der Waals surface area (Å²) in [6, 6.07) is 1.55. The molecule has 0 fully saturated rings. The van der Waals surface area contributed by atoms with Crippen LogP contribution in [0.3, 0.4) is 0 Å². The van der Waals surface area contributed by atoms with Gasteiger partial charge in [-0.15, -0.1) is 0 Å². The Balaban J connectivity index is 2.02. The molecule has 0 saturated carbocycles. The molecule has 1 N–H and O–H groups in total. The zero-order chi connectivity index (χ0) is 16.6. The maximum absolute atomic E-state index is 12.7. The van der Waals surface area contributed by atoms with Crippen LogP contribution in [0.2, 0.25) is 0 Å². The second-order valence-corrected chi connectivity index (χ2v) is 5.57. The summed E-state index contributed by atoms with van der Waals surface area (Å²) in [5, 5.41) is 4.27. The zero-order valence-electron chi connectivity index (χ0n) is 13.5. The molecule has 0 radical (unpaired) electrons. The molecule has 0 aromatic carbocycles. The zero-order valence-corrected chi connectivity index (χ0v) is 13.5. The number of rotatable bonds is 6. The second-order valence-electron chi connectivity index (χ2n) is 5.57. The number of carbonyl (C=O) groups excluding carboxylic acids is 1. The van der Waals surface area contributed by atoms with E-state index in [1.807, 2.05) is 6.92 Å². The van der Waals surface area contributed by atoms with Gasteiger partial charge in [-0.3, -0.25) is 9.59 Å². The molecule has 3 heterocycles. The number of amides is 1. The van der Waals surface area contributed by atoms with Crippen molar-refractivity contribution in [2.45, 2.75) is 25.9 Å². The summed E-state index contributed by atoms with van der Waals surface area (Å²) in [5.41, 5.74) is 1.87. The SMILES string of the molecule is CCc1cc2[nH]c3c(c(=O)n2n1)CN(C(COC)COC)C3=O. The number of aromatic nitrogens is 3. The number of nitrogens with one attached hydrogen (secondary N) is 1. The van der Waals surface area contributed by atoms with Crippen molar-refractivity contribution in [3.8, 4) is 0 Å². The number of aryl methyl sites for hydroxylation is 1. The number of hydrogen-bond acceptors (Lipinski definition) is 5. The molecule has 1 aliphatic heterocycles. The van der Waals surface area contributed by atoms with Gasteiger partial charge in [-0.1, -0.05) is 6.92 Å². The molecule has 0 unspecified atom stereocenters. The standard InChI is InChI=1S/C15H20N4O4/c1-4-9-5-12-16-13-11(14(20)19(12)17-9)6-18(15(13)21)10(7-22-2)8-23-3/h5,10,16H,4,6-8H2,1-3H3. The minimum absolute atomic E-state index is 0.210. The number of aromatic amines is 1. The summed E-state index contributed by atoms with van der Waals surface area (Å²) in [7, 11) is 3.14. The third kappa shape index (κ3) is 2.53. The Morgan fingerprint density at radius 1 is 1.30 bits per heavy atom. The van der Waals surface area contributed by atoms with E-state index in [0.29, 0.717) is 30.1 Å². The Labute approximate surface area is 133 Å². The van der Waals surface area contributed by atoms with Crippen molar-refractivity contribution >= 4 is 11.6 Å². The third-order valence-corrected chi connectivity index (χ3v) is 4.09. The Kier molecular flexibility index (Phi) is 4.18. The van der Waals surface area contributed by atoms with Crippen LogP contribution in [-0.2, 0) is 22.4 Å². The highest BCUT2D eigenvalue weighted by Gasteiger charge is 2.36. The molecule has 8 nitrogen and oxygen atoms in total. The predicted molar refractivity (Wildman–Crippen MR) is 82.6 cm³/mol. The molecule has 0 aliphatic carbocycles. The number of H-pyrrole nitrogens is 1. The van der Waals surface area contributed by atoms with Crippen molar-refractivity contribution in [1.29, 1.82) is 0 Å². The Bertz CT molecular complexity index is 789. The lowest BCUT2D eigenvalue weighted by Crippen LogP contribution is -2.42. The molecule has 1 aliphatic rings. The molecule has 8 heteroatoms. The lowest BCUT2D eigenvalue weighted by molar-refractivity contribution is 0.0300. The fourth-order valence-corrected chi connectivity index (χ4v) is 2.91. The van der Waals surface area contributed by atoms with E-state index in [1.165, 1.54) is 4.52 Å². The number of hydrogen-bond donors (Lipinski definition) is 1. The van der Waals surface area contributed by atoms with Crippen LogP contribution in [0.5, 0.6) is 0 Å². The van der Waals surface area contributed by atoms with Crippen LogP contribution >= 0.6 is 0 Å². The van der Waals surface area contributed by atoms with Crippen LogP contribution in [0.15, 0.2) is 10.9 Å². The fraction of sp³-hybridized carbons (Fsp3) is 0.533. The van der Waals surface area contributed by atoms with Gasteiger partial charge in [0, 0.05) is 20.3 Å². The molecular formula is C15H20N4O4. The number of ether oxygens (including phenoxy) is 2. The summed E-state index contributed by atoms with van der Waals surface area (Å²) in [4.78, 5) is 29.9. The van der Waals surface area contributed by atoms with Gasteiger partial charge < -0.3 is 19.4 Å². The van der Waals surface area contributed by atoms with Gasteiger partial charge in [0.25, 0.3) is 11.5 Å². The van der Waals surface area contributed by atoms with Crippen LogP contribution in [0, 0.1) is 0 Å². The Morgan fingerprint density at radius 3 is 2.61 bits per heavy atom. The highest BCUT2D eigenvalue weighted by molar-refractivity contribution is 5.97. The van der Waals surface area contributed by atoms with Crippen molar-refractivity contribution in [2.75, 3.05) is 27.4 Å². The van der Waals surface area contributed by atoms with Gasteiger partial charge >= 0.3 is 0 Å². The number of fused-ring (bicyclic) bond motifs is 2. The summed E-state index contributed by atoms with van der Waals surface area (Å²) in [5.74, 6) is -0.210. The molecule has 3 rings (SSSR count). The van der Waals surface area contributed by atoms with Crippen molar-refractivity contribution in [2.24, 2.45) is 0 Å². The van der Waals surface area contributed by atoms with E-state index in [4.69, 9.17) is 9.47 Å². The van der Waals surface area contributed by atoms with Crippen LogP contribution in [0.25, 0.3) is 5.65 Å². The van der Waals surface area contributed by atoms with Gasteiger partial charge in [0.1, 0.15) is 11.3 Å². The summed E-state index contributed by atoms with van der Waals surface area (Å²) < 4.78 is 11.6. The quantitative estimate of drug-likeness (QED) is 0.821. The van der Waals surface area contributed by atoms with Crippen molar-refractivity contribution < 1.29 is 14.3 Å². The van der Waals surface area contributed by atoms with Crippen LogP contribution in [-0.4, -0.2) is 58.9 Å². The summed E-state index contributed by atoms with van der Waals surface area (Å²) >= 11 is 0. The number of nitrogens with zero attached hydrogens (tertiary/aromatic N) is 3. The molecule has 124 valence electrons. The smallest absolute Gasteiger partial charge is 0.280 e. The van der Waals surface area contributed by atoms with Crippen LogP contribution < -0.4 is 5.56 Å². The van der Waals surface area contributed by atoms with Crippen molar-refractivity contribution in [3.63, 3.8) is 0 Å². The lowest BCUT2D eigenvalue weighted by Gasteiger charge is -2.26. The van der Waals surface area contributed by atoms with E-state index in [0.717, 1.165) is 12.1 Å². The molecule has 1 amide bonds. The van der Waals surface area contributed by atoms with E-state index < -0.39 is 0 Å². The topological polar surface area (TPSA) is 88.9 Å². The molecule has 0 spiro atoms. The van der Waals surface area contributed by atoms with Gasteiger partial charge in [0.15, 0.2) is 0 Å². The normalized spacial score (nSPS) is 14.3. The molecule has 2 aromatic heterocycles.